The van der Waals surface area contributed by atoms with Gasteiger partial charge in [-0.2, -0.15) is 0 Å². The first-order valence-electron chi connectivity index (χ1n) is 12.8. The number of carbonyl (C=O) groups excluding carboxylic acids is 2. The van der Waals surface area contributed by atoms with Crippen molar-refractivity contribution in [1.82, 2.24) is 15.5 Å². The number of rotatable bonds is 9. The van der Waals surface area contributed by atoms with Crippen LogP contribution in [0, 0.1) is 17.8 Å². The summed E-state index contributed by atoms with van der Waals surface area (Å²) >= 11 is 0. The first-order valence-corrected chi connectivity index (χ1v) is 12.8. The van der Waals surface area contributed by atoms with E-state index in [2.05, 4.69) is 35.4 Å². The molecule has 2 fully saturated rings. The van der Waals surface area contributed by atoms with Crippen molar-refractivity contribution in [2.75, 3.05) is 33.2 Å². The predicted molar refractivity (Wildman–Crippen MR) is 139 cm³/mol. The van der Waals surface area contributed by atoms with Gasteiger partial charge in [-0.1, -0.05) is 45.2 Å². The summed E-state index contributed by atoms with van der Waals surface area (Å²) in [5.74, 6) is 1.37. The zero-order chi connectivity index (χ0) is 23.8. The van der Waals surface area contributed by atoms with E-state index in [4.69, 9.17) is 0 Å². The van der Waals surface area contributed by atoms with Crippen molar-refractivity contribution in [2.24, 2.45) is 17.8 Å². The Bertz CT molecular complexity index is 799. The molecule has 0 spiro atoms. The topological polar surface area (TPSA) is 81.7 Å². The molecular weight excluding hydrogens is 450 g/mol. The number of hydrogen-bond acceptors (Lipinski definition) is 4. The van der Waals surface area contributed by atoms with E-state index >= 15 is 0 Å². The second-order valence-corrected chi connectivity index (χ2v) is 10.4. The third-order valence-electron chi connectivity index (χ3n) is 8.31. The van der Waals surface area contributed by atoms with Gasteiger partial charge in [0.05, 0.1) is 0 Å². The van der Waals surface area contributed by atoms with Gasteiger partial charge >= 0.3 is 0 Å². The van der Waals surface area contributed by atoms with Crippen LogP contribution >= 0.6 is 12.4 Å². The molecule has 1 aromatic carbocycles. The standard InChI is InChI=1S/C27H43N3O3.ClH/c1-20-19-30(17-14-27(20,2)22-10-7-11-23(31)18-22)16-13-24(21-8-5-4-6-9-21)26(33)29-15-12-25(32)28-3;/h7,10-11,18,20-21,24,31H,4-6,8-9,12-17,19H2,1-3H3,(H,28,32)(H,29,33);1H. The maximum Gasteiger partial charge on any atom is 0.223 e. The molecule has 1 aliphatic heterocycles. The molecule has 192 valence electrons. The number of phenolic OH excluding ortho intramolecular Hbond substituents is 1. The summed E-state index contributed by atoms with van der Waals surface area (Å²) in [6, 6.07) is 7.72. The molecule has 1 aromatic rings. The van der Waals surface area contributed by atoms with Crippen LogP contribution in [-0.2, 0) is 15.0 Å². The molecule has 3 atom stereocenters. The molecule has 34 heavy (non-hydrogen) atoms. The van der Waals surface area contributed by atoms with Crippen LogP contribution in [0.1, 0.15) is 70.8 Å². The van der Waals surface area contributed by atoms with Crippen LogP contribution in [0.4, 0.5) is 0 Å². The lowest BCUT2D eigenvalue weighted by Crippen LogP contribution is -2.48. The minimum atomic E-state index is -0.0402. The van der Waals surface area contributed by atoms with Crippen LogP contribution in [0.25, 0.3) is 0 Å². The number of amides is 2. The van der Waals surface area contributed by atoms with Gasteiger partial charge < -0.3 is 20.6 Å². The number of aromatic hydroxyl groups is 1. The van der Waals surface area contributed by atoms with Crippen molar-refractivity contribution < 1.29 is 14.7 Å². The van der Waals surface area contributed by atoms with E-state index in [1.165, 1.54) is 24.8 Å². The van der Waals surface area contributed by atoms with Crippen LogP contribution in [-0.4, -0.2) is 55.0 Å². The summed E-state index contributed by atoms with van der Waals surface area (Å²) in [6.45, 7) is 7.97. The van der Waals surface area contributed by atoms with E-state index in [-0.39, 0.29) is 35.6 Å². The first kappa shape index (κ1) is 28.4. The van der Waals surface area contributed by atoms with Gasteiger partial charge in [-0.25, -0.2) is 0 Å². The summed E-state index contributed by atoms with van der Waals surface area (Å²) in [5.41, 5.74) is 1.26. The van der Waals surface area contributed by atoms with E-state index in [9.17, 15) is 14.7 Å². The number of halogens is 1. The smallest absolute Gasteiger partial charge is 0.223 e. The molecule has 0 radical (unpaired) electrons. The lowest BCUT2D eigenvalue weighted by Gasteiger charge is -2.45. The summed E-state index contributed by atoms with van der Waals surface area (Å²) in [5, 5.41) is 15.6. The van der Waals surface area contributed by atoms with Crippen molar-refractivity contribution >= 4 is 24.2 Å². The molecule has 2 amide bonds. The first-order chi connectivity index (χ1) is 15.8. The van der Waals surface area contributed by atoms with Crippen LogP contribution < -0.4 is 10.6 Å². The lowest BCUT2D eigenvalue weighted by atomic mass is 9.68. The third-order valence-corrected chi connectivity index (χ3v) is 8.31. The summed E-state index contributed by atoms with van der Waals surface area (Å²) < 4.78 is 0. The van der Waals surface area contributed by atoms with Gasteiger partial charge in [-0.15, -0.1) is 12.4 Å². The summed E-state index contributed by atoms with van der Waals surface area (Å²) in [7, 11) is 1.63. The highest BCUT2D eigenvalue weighted by Crippen LogP contribution is 2.40. The number of benzene rings is 1. The number of piperidine rings is 1. The Morgan fingerprint density at radius 3 is 2.62 bits per heavy atom. The van der Waals surface area contributed by atoms with Crippen LogP contribution in [0.5, 0.6) is 5.75 Å². The fraction of sp³-hybridized carbons (Fsp3) is 0.704. The Kier molecular flexibility index (Phi) is 11.2. The molecule has 2 aliphatic rings. The molecule has 0 aromatic heterocycles. The largest absolute Gasteiger partial charge is 0.508 e. The van der Waals surface area contributed by atoms with Gasteiger partial charge in [0.2, 0.25) is 11.8 Å². The van der Waals surface area contributed by atoms with E-state index in [1.54, 1.807) is 13.1 Å². The Balaban J connectivity index is 0.00000408. The SMILES string of the molecule is CNC(=O)CCNC(=O)C(CCN1CCC(C)(c2cccc(O)c2)C(C)C1)C1CCCCC1.Cl. The van der Waals surface area contributed by atoms with Crippen LogP contribution in [0.3, 0.4) is 0 Å². The normalized spacial score (nSPS) is 24.6. The Labute approximate surface area is 211 Å². The highest BCUT2D eigenvalue weighted by Gasteiger charge is 2.38. The van der Waals surface area contributed by atoms with Crippen molar-refractivity contribution in [3.8, 4) is 5.75 Å². The molecule has 1 heterocycles. The zero-order valence-corrected chi connectivity index (χ0v) is 22.0. The molecule has 0 bridgehead atoms. The van der Waals surface area contributed by atoms with Gasteiger partial charge in [-0.05, 0) is 73.7 Å². The van der Waals surface area contributed by atoms with Crippen LogP contribution in [0.2, 0.25) is 0 Å². The molecule has 3 N–H and O–H groups in total. The highest BCUT2D eigenvalue weighted by atomic mass is 35.5. The number of likely N-dealkylation sites (tertiary alicyclic amines) is 1. The van der Waals surface area contributed by atoms with Gasteiger partial charge in [0.25, 0.3) is 0 Å². The number of nitrogens with zero attached hydrogens (tertiary/aromatic N) is 1. The van der Waals surface area contributed by atoms with Gasteiger partial charge in [0.1, 0.15) is 5.75 Å². The Morgan fingerprint density at radius 2 is 1.97 bits per heavy atom. The second kappa shape index (κ2) is 13.3. The fourth-order valence-electron chi connectivity index (χ4n) is 5.80. The van der Waals surface area contributed by atoms with Crippen molar-refractivity contribution in [2.45, 2.75) is 70.6 Å². The fourth-order valence-corrected chi connectivity index (χ4v) is 5.80. The highest BCUT2D eigenvalue weighted by molar-refractivity contribution is 5.85. The third kappa shape index (κ3) is 7.35. The van der Waals surface area contributed by atoms with Crippen LogP contribution in [0.15, 0.2) is 24.3 Å². The molecule has 3 unspecified atom stereocenters. The van der Waals surface area contributed by atoms with Gasteiger partial charge in [0.15, 0.2) is 0 Å². The number of carbonyl (C=O) groups is 2. The van der Waals surface area contributed by atoms with Crippen molar-refractivity contribution in [3.63, 3.8) is 0 Å². The predicted octanol–water partition coefficient (Wildman–Crippen LogP) is 4.25. The molecule has 1 aliphatic carbocycles. The monoisotopic (exact) mass is 493 g/mol. The summed E-state index contributed by atoms with van der Waals surface area (Å²) in [6.07, 6.45) is 8.25. The molecule has 7 heteroatoms. The van der Waals surface area contributed by atoms with E-state index in [0.29, 0.717) is 30.6 Å². The molecule has 1 saturated heterocycles. The lowest BCUT2D eigenvalue weighted by molar-refractivity contribution is -0.127. The Morgan fingerprint density at radius 1 is 1.24 bits per heavy atom. The average Bonchev–Trinajstić information content (AvgIpc) is 2.82. The van der Waals surface area contributed by atoms with Gasteiger partial charge in [0, 0.05) is 32.5 Å². The summed E-state index contributed by atoms with van der Waals surface area (Å²) in [4.78, 5) is 27.1. The minimum absolute atomic E-state index is 0. The second-order valence-electron chi connectivity index (χ2n) is 10.4. The van der Waals surface area contributed by atoms with E-state index in [1.807, 2.05) is 12.1 Å². The van der Waals surface area contributed by atoms with Crippen molar-refractivity contribution in [3.05, 3.63) is 29.8 Å². The molecular formula is C27H44ClN3O3. The number of hydrogen-bond donors (Lipinski definition) is 3. The van der Waals surface area contributed by atoms with Gasteiger partial charge in [-0.3, -0.25) is 9.59 Å². The maximum absolute atomic E-state index is 13.1. The molecule has 6 nitrogen and oxygen atoms in total. The quantitative estimate of drug-likeness (QED) is 0.480. The number of nitrogens with one attached hydrogen (secondary N) is 2. The average molecular weight is 494 g/mol. The maximum atomic E-state index is 13.1. The molecule has 1 saturated carbocycles. The Hall–Kier alpha value is -1.79. The molecule has 3 rings (SSSR count). The zero-order valence-electron chi connectivity index (χ0n) is 21.1. The van der Waals surface area contributed by atoms with E-state index in [0.717, 1.165) is 45.3 Å². The van der Waals surface area contributed by atoms with Crippen molar-refractivity contribution in [1.29, 1.82) is 0 Å². The number of phenols is 1. The van der Waals surface area contributed by atoms with E-state index < -0.39 is 0 Å². The minimum Gasteiger partial charge on any atom is -0.508 e.